The van der Waals surface area contributed by atoms with Crippen LogP contribution in [0.5, 0.6) is 0 Å². The molecule has 5 heteroatoms. The first-order valence-corrected chi connectivity index (χ1v) is 7.04. The molecule has 18 heavy (non-hydrogen) atoms. The van der Waals surface area contributed by atoms with E-state index in [1.807, 2.05) is 30.3 Å². The molecule has 0 aliphatic heterocycles. The van der Waals surface area contributed by atoms with Crippen molar-refractivity contribution in [3.8, 4) is 0 Å². The molecule has 0 spiro atoms. The summed E-state index contributed by atoms with van der Waals surface area (Å²) in [6.07, 6.45) is 2.56. The third-order valence-corrected chi connectivity index (χ3v) is 3.87. The van der Waals surface area contributed by atoms with E-state index in [4.69, 9.17) is 17.3 Å². The Balaban J connectivity index is 2.02. The van der Waals surface area contributed by atoms with Crippen molar-refractivity contribution in [2.75, 3.05) is 6.54 Å². The Hall–Kier alpha value is -1.10. The molecule has 0 aliphatic carbocycles. The monoisotopic (exact) mass is 279 g/mol. The quantitative estimate of drug-likeness (QED) is 0.855. The fourth-order valence-corrected chi connectivity index (χ4v) is 2.61. The number of halogens is 1. The molecule has 1 aromatic carbocycles. The minimum atomic E-state index is 0.605. The van der Waals surface area contributed by atoms with E-state index in [9.17, 15) is 0 Å². The van der Waals surface area contributed by atoms with Crippen molar-refractivity contribution in [3.05, 3.63) is 53.1 Å². The summed E-state index contributed by atoms with van der Waals surface area (Å²) in [5.41, 5.74) is 6.50. The largest absolute Gasteiger partial charge is 0.330 e. The lowest BCUT2D eigenvalue weighted by Gasteiger charge is -2.04. The zero-order valence-electron chi connectivity index (χ0n) is 9.84. The van der Waals surface area contributed by atoms with E-state index in [1.54, 1.807) is 18.0 Å². The van der Waals surface area contributed by atoms with Gasteiger partial charge < -0.3 is 5.73 Å². The molecular formula is C13H14ClN3S. The molecule has 0 radical (unpaired) electrons. The van der Waals surface area contributed by atoms with Gasteiger partial charge in [0.1, 0.15) is 5.82 Å². The molecule has 3 nitrogen and oxygen atoms in total. The highest BCUT2D eigenvalue weighted by Crippen LogP contribution is 2.28. The van der Waals surface area contributed by atoms with Gasteiger partial charge in [-0.1, -0.05) is 23.7 Å². The van der Waals surface area contributed by atoms with Crippen LogP contribution in [0.4, 0.5) is 0 Å². The Bertz CT molecular complexity index is 519. The Morgan fingerprint density at radius 3 is 2.83 bits per heavy atom. The highest BCUT2D eigenvalue weighted by atomic mass is 35.5. The molecule has 0 unspecified atom stereocenters. The zero-order valence-corrected chi connectivity index (χ0v) is 11.4. The topological polar surface area (TPSA) is 51.8 Å². The van der Waals surface area contributed by atoms with Gasteiger partial charge in [-0.25, -0.2) is 9.97 Å². The van der Waals surface area contributed by atoms with Crippen LogP contribution in [0.25, 0.3) is 0 Å². The summed E-state index contributed by atoms with van der Waals surface area (Å²) >= 11 is 7.73. The number of hydrogen-bond acceptors (Lipinski definition) is 4. The first kappa shape index (κ1) is 13.3. The van der Waals surface area contributed by atoms with Crippen molar-refractivity contribution in [1.29, 1.82) is 0 Å². The number of nitrogens with two attached hydrogens (primary N) is 1. The number of nitrogens with zero attached hydrogens (tertiary/aromatic N) is 2. The predicted molar refractivity (Wildman–Crippen MR) is 75.8 cm³/mol. The van der Waals surface area contributed by atoms with E-state index < -0.39 is 0 Å². The minimum absolute atomic E-state index is 0.605. The van der Waals surface area contributed by atoms with E-state index in [-0.39, 0.29) is 0 Å². The van der Waals surface area contributed by atoms with Gasteiger partial charge in [0, 0.05) is 23.2 Å². The zero-order chi connectivity index (χ0) is 12.8. The van der Waals surface area contributed by atoms with Gasteiger partial charge in [-0.15, -0.1) is 11.8 Å². The van der Waals surface area contributed by atoms with Crippen molar-refractivity contribution < 1.29 is 0 Å². The molecular weight excluding hydrogens is 266 g/mol. The molecule has 2 N–H and O–H groups in total. The van der Waals surface area contributed by atoms with E-state index in [0.29, 0.717) is 12.3 Å². The molecule has 0 bridgehead atoms. The summed E-state index contributed by atoms with van der Waals surface area (Å²) in [5, 5.41) is 0.764. The average Bonchev–Trinajstić information content (AvgIpc) is 2.39. The molecule has 0 amide bonds. The third-order valence-electron chi connectivity index (χ3n) is 2.36. The SMILES string of the molecule is NCCc1ccnc(CSc2ccccc2Cl)n1. The molecule has 0 saturated heterocycles. The van der Waals surface area contributed by atoms with Crippen LogP contribution in [0, 0.1) is 0 Å². The standard InChI is InChI=1S/C13H14ClN3S/c14-11-3-1-2-4-12(11)18-9-13-16-8-6-10(17-13)5-7-15/h1-4,6,8H,5,7,9,15H2. The maximum atomic E-state index is 6.09. The Labute approximate surface area is 116 Å². The Morgan fingerprint density at radius 1 is 1.22 bits per heavy atom. The van der Waals surface area contributed by atoms with E-state index >= 15 is 0 Å². The van der Waals surface area contributed by atoms with Crippen molar-refractivity contribution in [2.24, 2.45) is 5.73 Å². The summed E-state index contributed by atoms with van der Waals surface area (Å²) < 4.78 is 0. The van der Waals surface area contributed by atoms with Crippen LogP contribution in [0.3, 0.4) is 0 Å². The van der Waals surface area contributed by atoms with Gasteiger partial charge in [-0.3, -0.25) is 0 Å². The molecule has 1 aromatic heterocycles. The Kier molecular flexibility index (Phi) is 4.99. The second-order valence-corrected chi connectivity index (χ2v) is 5.15. The molecule has 0 atom stereocenters. The number of aromatic nitrogens is 2. The van der Waals surface area contributed by atoms with Crippen molar-refractivity contribution in [3.63, 3.8) is 0 Å². The lowest BCUT2D eigenvalue weighted by molar-refractivity contribution is 0.883. The van der Waals surface area contributed by atoms with E-state index in [2.05, 4.69) is 9.97 Å². The first-order valence-electron chi connectivity index (χ1n) is 5.68. The summed E-state index contributed by atoms with van der Waals surface area (Å²) in [6.45, 7) is 0.605. The third kappa shape index (κ3) is 3.70. The minimum Gasteiger partial charge on any atom is -0.330 e. The number of rotatable bonds is 5. The highest BCUT2D eigenvalue weighted by Gasteiger charge is 2.03. The van der Waals surface area contributed by atoms with Crippen LogP contribution < -0.4 is 5.73 Å². The van der Waals surface area contributed by atoms with Gasteiger partial charge in [0.05, 0.1) is 10.8 Å². The fourth-order valence-electron chi connectivity index (χ4n) is 1.50. The van der Waals surface area contributed by atoms with Crippen LogP contribution in [-0.4, -0.2) is 16.5 Å². The number of thioether (sulfide) groups is 1. The van der Waals surface area contributed by atoms with Crippen LogP contribution >= 0.6 is 23.4 Å². The van der Waals surface area contributed by atoms with Gasteiger partial charge in [-0.2, -0.15) is 0 Å². The van der Waals surface area contributed by atoms with Gasteiger partial charge in [-0.05, 0) is 24.7 Å². The number of hydrogen-bond donors (Lipinski definition) is 1. The lowest BCUT2D eigenvalue weighted by Crippen LogP contribution is -2.06. The summed E-state index contributed by atoms with van der Waals surface area (Å²) in [6, 6.07) is 9.67. The second-order valence-electron chi connectivity index (χ2n) is 3.72. The van der Waals surface area contributed by atoms with Gasteiger partial charge >= 0.3 is 0 Å². The molecule has 0 aliphatic rings. The normalized spacial score (nSPS) is 10.6. The first-order chi connectivity index (χ1) is 8.79. The fraction of sp³-hybridized carbons (Fsp3) is 0.231. The number of benzene rings is 1. The second kappa shape index (κ2) is 6.73. The predicted octanol–water partition coefficient (Wildman–Crippen LogP) is 2.92. The Morgan fingerprint density at radius 2 is 2.06 bits per heavy atom. The van der Waals surface area contributed by atoms with Crippen molar-refractivity contribution in [2.45, 2.75) is 17.1 Å². The smallest absolute Gasteiger partial charge is 0.138 e. The molecule has 0 saturated carbocycles. The van der Waals surface area contributed by atoms with E-state index in [0.717, 1.165) is 27.9 Å². The van der Waals surface area contributed by atoms with Crippen molar-refractivity contribution >= 4 is 23.4 Å². The molecule has 2 rings (SSSR count). The molecule has 0 fully saturated rings. The van der Waals surface area contributed by atoms with E-state index in [1.165, 1.54) is 0 Å². The highest BCUT2D eigenvalue weighted by molar-refractivity contribution is 7.98. The molecule has 94 valence electrons. The average molecular weight is 280 g/mol. The molecule has 1 heterocycles. The van der Waals surface area contributed by atoms with Crippen LogP contribution in [0.15, 0.2) is 41.4 Å². The van der Waals surface area contributed by atoms with Gasteiger partial charge in [0.15, 0.2) is 0 Å². The lowest BCUT2D eigenvalue weighted by atomic mass is 10.3. The summed E-state index contributed by atoms with van der Waals surface area (Å²) in [4.78, 5) is 9.75. The summed E-state index contributed by atoms with van der Waals surface area (Å²) in [7, 11) is 0. The van der Waals surface area contributed by atoms with Crippen LogP contribution in [-0.2, 0) is 12.2 Å². The van der Waals surface area contributed by atoms with Gasteiger partial charge in [0.2, 0.25) is 0 Å². The maximum absolute atomic E-state index is 6.09. The molecule has 2 aromatic rings. The van der Waals surface area contributed by atoms with Crippen LogP contribution in [0.1, 0.15) is 11.5 Å². The summed E-state index contributed by atoms with van der Waals surface area (Å²) in [5.74, 6) is 1.52. The van der Waals surface area contributed by atoms with Crippen LogP contribution in [0.2, 0.25) is 5.02 Å². The van der Waals surface area contributed by atoms with Crippen molar-refractivity contribution in [1.82, 2.24) is 9.97 Å². The maximum Gasteiger partial charge on any atom is 0.138 e. The van der Waals surface area contributed by atoms with Gasteiger partial charge in [0.25, 0.3) is 0 Å².